The molecule has 17 heavy (non-hydrogen) atoms. The summed E-state index contributed by atoms with van der Waals surface area (Å²) >= 11 is 0. The molecule has 5 heteroatoms. The SMILES string of the molecule is CCc1cc(NC(=O)N(CC)C2CC2)n(C)n1. The smallest absolute Gasteiger partial charge is 0.322 e. The average Bonchev–Trinajstić information content (AvgIpc) is 3.06. The summed E-state index contributed by atoms with van der Waals surface area (Å²) in [7, 11) is 1.85. The third-order valence-corrected chi connectivity index (χ3v) is 3.12. The van der Waals surface area contributed by atoms with Crippen molar-refractivity contribution in [3.05, 3.63) is 11.8 Å². The van der Waals surface area contributed by atoms with E-state index >= 15 is 0 Å². The molecule has 0 aliphatic heterocycles. The van der Waals surface area contributed by atoms with E-state index in [1.54, 1.807) is 4.68 Å². The highest BCUT2D eigenvalue weighted by Crippen LogP contribution is 2.27. The molecular weight excluding hydrogens is 216 g/mol. The van der Waals surface area contributed by atoms with Crippen LogP contribution < -0.4 is 5.32 Å². The zero-order chi connectivity index (χ0) is 12.4. The summed E-state index contributed by atoms with van der Waals surface area (Å²) in [6, 6.07) is 2.36. The second-order valence-electron chi connectivity index (χ2n) is 4.45. The van der Waals surface area contributed by atoms with Gasteiger partial charge in [0, 0.05) is 25.7 Å². The molecule has 1 saturated carbocycles. The highest BCUT2D eigenvalue weighted by atomic mass is 16.2. The Kier molecular flexibility index (Phi) is 3.36. The van der Waals surface area contributed by atoms with E-state index < -0.39 is 0 Å². The van der Waals surface area contributed by atoms with Crippen LogP contribution in [-0.4, -0.2) is 33.3 Å². The average molecular weight is 236 g/mol. The topological polar surface area (TPSA) is 50.2 Å². The van der Waals surface area contributed by atoms with Gasteiger partial charge >= 0.3 is 6.03 Å². The van der Waals surface area contributed by atoms with Crippen molar-refractivity contribution in [3.8, 4) is 0 Å². The van der Waals surface area contributed by atoms with Crippen LogP contribution in [0.25, 0.3) is 0 Å². The van der Waals surface area contributed by atoms with Gasteiger partial charge in [-0.05, 0) is 26.2 Å². The Labute approximate surface area is 102 Å². The number of anilines is 1. The van der Waals surface area contributed by atoms with Crippen LogP contribution in [0, 0.1) is 0 Å². The number of carbonyl (C=O) groups is 1. The van der Waals surface area contributed by atoms with Crippen molar-refractivity contribution < 1.29 is 4.79 Å². The maximum absolute atomic E-state index is 12.0. The van der Waals surface area contributed by atoms with Gasteiger partial charge in [-0.1, -0.05) is 6.92 Å². The van der Waals surface area contributed by atoms with Gasteiger partial charge in [-0.2, -0.15) is 5.10 Å². The molecular formula is C12H20N4O. The van der Waals surface area contributed by atoms with Crippen molar-refractivity contribution in [1.29, 1.82) is 0 Å². The third kappa shape index (κ3) is 2.60. The summed E-state index contributed by atoms with van der Waals surface area (Å²) in [5.74, 6) is 0.769. The first kappa shape index (κ1) is 12.0. The lowest BCUT2D eigenvalue weighted by molar-refractivity contribution is 0.211. The van der Waals surface area contributed by atoms with E-state index in [4.69, 9.17) is 0 Å². The number of aromatic nitrogens is 2. The summed E-state index contributed by atoms with van der Waals surface area (Å²) in [5.41, 5.74) is 0.997. The van der Waals surface area contributed by atoms with Crippen LogP contribution >= 0.6 is 0 Å². The molecule has 1 heterocycles. The van der Waals surface area contributed by atoms with Gasteiger partial charge in [0.1, 0.15) is 5.82 Å². The second kappa shape index (κ2) is 4.77. The van der Waals surface area contributed by atoms with Crippen molar-refractivity contribution in [2.24, 2.45) is 7.05 Å². The molecule has 0 radical (unpaired) electrons. The van der Waals surface area contributed by atoms with Gasteiger partial charge in [-0.15, -0.1) is 0 Å². The Morgan fingerprint density at radius 3 is 2.76 bits per heavy atom. The summed E-state index contributed by atoms with van der Waals surface area (Å²) in [4.78, 5) is 13.9. The van der Waals surface area contributed by atoms with E-state index in [9.17, 15) is 4.79 Å². The molecule has 2 amide bonds. The summed E-state index contributed by atoms with van der Waals surface area (Å²) < 4.78 is 1.72. The van der Waals surface area contributed by atoms with Crippen LogP contribution in [0.4, 0.5) is 10.6 Å². The fourth-order valence-electron chi connectivity index (χ4n) is 1.95. The normalized spacial score (nSPS) is 14.8. The van der Waals surface area contributed by atoms with E-state index in [2.05, 4.69) is 17.3 Å². The molecule has 1 aliphatic rings. The fourth-order valence-corrected chi connectivity index (χ4v) is 1.95. The lowest BCUT2D eigenvalue weighted by atomic mass is 10.3. The monoisotopic (exact) mass is 236 g/mol. The van der Waals surface area contributed by atoms with Crippen molar-refractivity contribution in [3.63, 3.8) is 0 Å². The molecule has 94 valence electrons. The fraction of sp³-hybridized carbons (Fsp3) is 0.667. The number of hydrogen-bond acceptors (Lipinski definition) is 2. The number of hydrogen-bond donors (Lipinski definition) is 1. The lowest BCUT2D eigenvalue weighted by Crippen LogP contribution is -2.36. The van der Waals surface area contributed by atoms with E-state index in [1.807, 2.05) is 24.9 Å². The number of urea groups is 1. The minimum absolute atomic E-state index is 0.0133. The molecule has 1 aromatic heterocycles. The largest absolute Gasteiger partial charge is 0.323 e. The predicted octanol–water partition coefficient (Wildman–Crippen LogP) is 2.00. The molecule has 0 atom stereocenters. The Balaban J connectivity index is 2.03. The maximum atomic E-state index is 12.0. The predicted molar refractivity (Wildman–Crippen MR) is 67.0 cm³/mol. The standard InChI is InChI=1S/C12H20N4O/c1-4-9-8-11(15(3)14-9)13-12(17)16(5-2)10-6-7-10/h8,10H,4-7H2,1-3H3,(H,13,17). The van der Waals surface area contributed by atoms with E-state index in [0.717, 1.165) is 37.3 Å². The van der Waals surface area contributed by atoms with Crippen LogP contribution in [0.5, 0.6) is 0 Å². The number of nitrogens with one attached hydrogen (secondary N) is 1. The van der Waals surface area contributed by atoms with Gasteiger partial charge in [0.15, 0.2) is 0 Å². The van der Waals surface area contributed by atoms with Gasteiger partial charge in [-0.3, -0.25) is 10.00 Å². The Morgan fingerprint density at radius 1 is 1.59 bits per heavy atom. The van der Waals surface area contributed by atoms with Gasteiger partial charge in [0.2, 0.25) is 0 Å². The van der Waals surface area contributed by atoms with Crippen LogP contribution in [-0.2, 0) is 13.5 Å². The Hall–Kier alpha value is -1.52. The minimum atomic E-state index is -0.0133. The molecule has 0 aromatic carbocycles. The highest BCUT2D eigenvalue weighted by molar-refractivity contribution is 5.88. The molecule has 5 nitrogen and oxygen atoms in total. The van der Waals surface area contributed by atoms with Gasteiger partial charge < -0.3 is 4.90 Å². The summed E-state index contributed by atoms with van der Waals surface area (Å²) in [5, 5.41) is 7.24. The van der Waals surface area contributed by atoms with Crippen molar-refractivity contribution in [2.75, 3.05) is 11.9 Å². The molecule has 1 N–H and O–H groups in total. The summed E-state index contributed by atoms with van der Waals surface area (Å²) in [6.45, 7) is 4.82. The minimum Gasteiger partial charge on any atom is -0.322 e. The van der Waals surface area contributed by atoms with Gasteiger partial charge in [0.25, 0.3) is 0 Å². The maximum Gasteiger partial charge on any atom is 0.323 e. The first-order chi connectivity index (χ1) is 8.15. The Morgan fingerprint density at radius 2 is 2.29 bits per heavy atom. The van der Waals surface area contributed by atoms with Crippen molar-refractivity contribution in [2.45, 2.75) is 39.2 Å². The van der Waals surface area contributed by atoms with Crippen LogP contribution in [0.1, 0.15) is 32.4 Å². The molecule has 1 aliphatic carbocycles. The number of amides is 2. The quantitative estimate of drug-likeness (QED) is 0.869. The molecule has 0 saturated heterocycles. The lowest BCUT2D eigenvalue weighted by Gasteiger charge is -2.20. The molecule has 1 fully saturated rings. The second-order valence-corrected chi connectivity index (χ2v) is 4.45. The van der Waals surface area contributed by atoms with Gasteiger partial charge in [-0.25, -0.2) is 4.79 Å². The van der Waals surface area contributed by atoms with Crippen molar-refractivity contribution >= 4 is 11.8 Å². The van der Waals surface area contributed by atoms with Crippen LogP contribution in [0.3, 0.4) is 0 Å². The molecule has 2 rings (SSSR count). The molecule has 0 spiro atoms. The number of carbonyl (C=O) groups excluding carboxylic acids is 1. The number of nitrogens with zero attached hydrogens (tertiary/aromatic N) is 3. The Bertz CT molecular complexity index is 409. The van der Waals surface area contributed by atoms with E-state index in [-0.39, 0.29) is 6.03 Å². The number of rotatable bonds is 4. The molecule has 1 aromatic rings. The zero-order valence-corrected chi connectivity index (χ0v) is 10.7. The first-order valence-corrected chi connectivity index (χ1v) is 6.26. The highest BCUT2D eigenvalue weighted by Gasteiger charge is 2.31. The van der Waals surface area contributed by atoms with Crippen LogP contribution in [0.15, 0.2) is 6.07 Å². The number of aryl methyl sites for hydroxylation is 2. The van der Waals surface area contributed by atoms with Crippen LogP contribution in [0.2, 0.25) is 0 Å². The third-order valence-electron chi connectivity index (χ3n) is 3.12. The van der Waals surface area contributed by atoms with E-state index in [0.29, 0.717) is 6.04 Å². The van der Waals surface area contributed by atoms with Crippen molar-refractivity contribution in [1.82, 2.24) is 14.7 Å². The first-order valence-electron chi connectivity index (χ1n) is 6.26. The van der Waals surface area contributed by atoms with Gasteiger partial charge in [0.05, 0.1) is 5.69 Å². The molecule has 0 unspecified atom stereocenters. The zero-order valence-electron chi connectivity index (χ0n) is 10.7. The summed E-state index contributed by atoms with van der Waals surface area (Å²) in [6.07, 6.45) is 3.14. The van der Waals surface area contributed by atoms with E-state index in [1.165, 1.54) is 0 Å². The molecule has 0 bridgehead atoms.